The Balaban J connectivity index is 2.22. The molecule has 25 heavy (non-hydrogen) atoms. The van der Waals surface area contributed by atoms with E-state index in [-0.39, 0.29) is 17.1 Å². The van der Waals surface area contributed by atoms with E-state index in [1.54, 1.807) is 0 Å². The minimum Gasteiger partial charge on any atom is -0.468 e. The number of aryl methyl sites for hydroxylation is 1. The van der Waals surface area contributed by atoms with Gasteiger partial charge in [0.1, 0.15) is 0 Å². The zero-order valence-electron chi connectivity index (χ0n) is 15.2. The van der Waals surface area contributed by atoms with Gasteiger partial charge in [0.2, 0.25) is 0 Å². The Kier molecular flexibility index (Phi) is 3.12. The van der Waals surface area contributed by atoms with Crippen LogP contribution >= 0.6 is 0 Å². The molecular weight excluding hydrogens is 314 g/mol. The van der Waals surface area contributed by atoms with Gasteiger partial charge >= 0.3 is 5.97 Å². The van der Waals surface area contributed by atoms with Crippen molar-refractivity contribution in [3.63, 3.8) is 0 Å². The average Bonchev–Trinajstić information content (AvgIpc) is 2.92. The molecule has 0 unspecified atom stereocenters. The first-order valence-electron chi connectivity index (χ1n) is 8.63. The maximum absolute atomic E-state index is 13.7. The van der Waals surface area contributed by atoms with E-state index in [2.05, 4.69) is 31.2 Å². The highest BCUT2D eigenvalue weighted by atomic mass is 16.5. The molecule has 130 valence electrons. The lowest BCUT2D eigenvalue weighted by atomic mass is 9.59. The van der Waals surface area contributed by atoms with Gasteiger partial charge in [-0.1, -0.05) is 38.1 Å². The van der Waals surface area contributed by atoms with E-state index in [1.165, 1.54) is 7.11 Å². The second kappa shape index (κ2) is 4.84. The number of aromatic nitrogens is 1. The van der Waals surface area contributed by atoms with E-state index in [1.807, 2.05) is 25.2 Å². The second-order valence-corrected chi connectivity index (χ2v) is 8.02. The molecule has 1 fully saturated rings. The van der Waals surface area contributed by atoms with Crippen molar-refractivity contribution in [2.24, 2.45) is 13.0 Å². The van der Waals surface area contributed by atoms with Gasteiger partial charge in [-0.05, 0) is 30.0 Å². The van der Waals surface area contributed by atoms with E-state index in [0.717, 1.165) is 27.6 Å². The lowest BCUT2D eigenvalue weighted by molar-refractivity contribution is -0.155. The topological polar surface area (TPSA) is 48.3 Å². The van der Waals surface area contributed by atoms with Gasteiger partial charge in [-0.15, -0.1) is 0 Å². The van der Waals surface area contributed by atoms with Gasteiger partial charge in [-0.25, -0.2) is 0 Å². The number of ether oxygens (including phenoxy) is 1. The zero-order chi connectivity index (χ0) is 18.1. The molecular formula is C21H23NO3. The zero-order valence-corrected chi connectivity index (χ0v) is 15.2. The fraction of sp³-hybridized carbons (Fsp3) is 0.429. The van der Waals surface area contributed by atoms with Gasteiger partial charge in [-0.2, -0.15) is 0 Å². The first kappa shape index (κ1) is 16.1. The SMILES string of the molecule is C=C1C[C@H]2C(=O)[C@@](C(=O)OC)(C1)c1cccc3c1c(cn3C)C2(C)C. The summed E-state index contributed by atoms with van der Waals surface area (Å²) in [5.41, 5.74) is 2.21. The van der Waals surface area contributed by atoms with Crippen molar-refractivity contribution >= 4 is 22.7 Å². The molecule has 2 atom stereocenters. The van der Waals surface area contributed by atoms with E-state index < -0.39 is 11.4 Å². The summed E-state index contributed by atoms with van der Waals surface area (Å²) in [5, 5.41) is 1.02. The summed E-state index contributed by atoms with van der Waals surface area (Å²) in [6.45, 7) is 8.37. The lowest BCUT2D eigenvalue weighted by Gasteiger charge is -2.42. The van der Waals surface area contributed by atoms with Gasteiger partial charge in [0, 0.05) is 35.5 Å². The molecule has 4 heteroatoms. The Morgan fingerprint density at radius 2 is 2.04 bits per heavy atom. The summed E-state index contributed by atoms with van der Waals surface area (Å²) >= 11 is 0. The maximum atomic E-state index is 13.7. The largest absolute Gasteiger partial charge is 0.468 e. The van der Waals surface area contributed by atoms with Crippen molar-refractivity contribution in [2.45, 2.75) is 37.5 Å². The van der Waals surface area contributed by atoms with Crippen LogP contribution in [0.4, 0.5) is 0 Å². The molecule has 1 heterocycles. The predicted molar refractivity (Wildman–Crippen MR) is 96.5 cm³/mol. The van der Waals surface area contributed by atoms with Crippen LogP contribution in [0.5, 0.6) is 0 Å². The van der Waals surface area contributed by atoms with Gasteiger partial charge in [-0.3, -0.25) is 9.59 Å². The van der Waals surface area contributed by atoms with Crippen molar-refractivity contribution < 1.29 is 14.3 Å². The van der Waals surface area contributed by atoms with Crippen LogP contribution in [-0.2, 0) is 32.2 Å². The van der Waals surface area contributed by atoms with Gasteiger partial charge in [0.15, 0.2) is 11.2 Å². The van der Waals surface area contributed by atoms with Crippen LogP contribution in [0.3, 0.4) is 0 Å². The van der Waals surface area contributed by atoms with Gasteiger partial charge in [0.25, 0.3) is 0 Å². The Labute approximate surface area is 147 Å². The Morgan fingerprint density at radius 3 is 2.72 bits per heavy atom. The highest BCUT2D eigenvalue weighted by Gasteiger charge is 2.60. The molecule has 1 saturated carbocycles. The van der Waals surface area contributed by atoms with Crippen LogP contribution in [-0.4, -0.2) is 23.4 Å². The van der Waals surface area contributed by atoms with Crippen molar-refractivity contribution in [1.29, 1.82) is 0 Å². The lowest BCUT2D eigenvalue weighted by Crippen LogP contribution is -2.53. The predicted octanol–water partition coefficient (Wildman–Crippen LogP) is 3.42. The van der Waals surface area contributed by atoms with E-state index in [0.29, 0.717) is 12.8 Å². The molecule has 1 aromatic carbocycles. The summed E-state index contributed by atoms with van der Waals surface area (Å²) < 4.78 is 7.24. The number of rotatable bonds is 1. The minimum absolute atomic E-state index is 0.0249. The van der Waals surface area contributed by atoms with E-state index in [4.69, 9.17) is 4.74 Å². The molecule has 2 aromatic rings. The summed E-state index contributed by atoms with van der Waals surface area (Å²) in [4.78, 5) is 26.6. The van der Waals surface area contributed by atoms with Crippen molar-refractivity contribution in [3.05, 3.63) is 47.7 Å². The van der Waals surface area contributed by atoms with Gasteiger partial charge in [0.05, 0.1) is 7.11 Å². The molecule has 0 spiro atoms. The molecule has 4 nitrogen and oxygen atoms in total. The average molecular weight is 337 g/mol. The summed E-state index contributed by atoms with van der Waals surface area (Å²) in [6.07, 6.45) is 3.06. The number of methoxy groups -OCH3 is 1. The van der Waals surface area contributed by atoms with Crippen molar-refractivity contribution in [3.8, 4) is 0 Å². The fourth-order valence-electron chi connectivity index (χ4n) is 4.96. The Hall–Kier alpha value is -2.36. The molecule has 0 saturated heterocycles. The highest BCUT2D eigenvalue weighted by Crippen LogP contribution is 2.54. The van der Waals surface area contributed by atoms with Crippen molar-refractivity contribution in [2.75, 3.05) is 7.11 Å². The Morgan fingerprint density at radius 1 is 1.32 bits per heavy atom. The third-order valence-electron chi connectivity index (χ3n) is 6.32. The van der Waals surface area contributed by atoms with E-state index in [9.17, 15) is 9.59 Å². The number of allylic oxidation sites excluding steroid dienone is 1. The molecule has 2 bridgehead atoms. The smallest absolute Gasteiger partial charge is 0.324 e. The standard InChI is InChI=1S/C21H23NO3/c1-12-9-14-18(23)21(10-12,19(24)25-5)13-7-6-8-16-17(13)15(11-22(16)4)20(14,2)3/h6-8,11,14H,1,9-10H2,2-5H3/t14-,21+/m0/s1. The third kappa shape index (κ3) is 1.77. The number of ketones is 1. The third-order valence-corrected chi connectivity index (χ3v) is 6.32. The van der Waals surface area contributed by atoms with Crippen LogP contribution in [0.2, 0.25) is 0 Å². The van der Waals surface area contributed by atoms with Crippen LogP contribution in [0.15, 0.2) is 36.5 Å². The van der Waals surface area contributed by atoms with Crippen LogP contribution in [0, 0.1) is 5.92 Å². The molecule has 2 aliphatic carbocycles. The number of hydrogen-bond donors (Lipinski definition) is 0. The number of benzene rings is 1. The number of Topliss-reactive ketones (excluding diaryl/α,β-unsaturated/α-hetero) is 1. The first-order valence-corrected chi connectivity index (χ1v) is 8.63. The molecule has 0 amide bonds. The normalized spacial score (nSPS) is 27.3. The molecule has 0 radical (unpaired) electrons. The summed E-state index contributed by atoms with van der Waals surface area (Å²) in [6, 6.07) is 5.87. The summed E-state index contributed by atoms with van der Waals surface area (Å²) in [5.74, 6) is -0.780. The Bertz CT molecular complexity index is 949. The molecule has 0 N–H and O–H groups in total. The van der Waals surface area contributed by atoms with Crippen LogP contribution in [0.1, 0.15) is 37.8 Å². The number of carbonyl (C=O) groups excluding carboxylic acids is 2. The van der Waals surface area contributed by atoms with Crippen LogP contribution < -0.4 is 0 Å². The first-order chi connectivity index (χ1) is 11.7. The minimum atomic E-state index is -1.28. The number of carbonyl (C=O) groups is 2. The highest BCUT2D eigenvalue weighted by molar-refractivity contribution is 6.16. The van der Waals surface area contributed by atoms with E-state index >= 15 is 0 Å². The quantitative estimate of drug-likeness (QED) is 0.455. The van der Waals surface area contributed by atoms with Crippen LogP contribution in [0.25, 0.3) is 10.9 Å². The number of esters is 1. The monoisotopic (exact) mass is 337 g/mol. The van der Waals surface area contributed by atoms with Crippen molar-refractivity contribution in [1.82, 2.24) is 4.57 Å². The molecule has 4 rings (SSSR count). The molecule has 0 aliphatic heterocycles. The second-order valence-electron chi connectivity index (χ2n) is 8.02. The molecule has 2 aliphatic rings. The number of fused-ring (bicyclic) bond motifs is 3. The molecule has 1 aromatic heterocycles. The maximum Gasteiger partial charge on any atom is 0.324 e. The number of nitrogens with zero attached hydrogens (tertiary/aromatic N) is 1. The van der Waals surface area contributed by atoms with Gasteiger partial charge < -0.3 is 9.30 Å². The summed E-state index contributed by atoms with van der Waals surface area (Å²) in [7, 11) is 3.37. The fourth-order valence-corrected chi connectivity index (χ4v) is 4.96. The number of hydrogen-bond acceptors (Lipinski definition) is 3.